The lowest BCUT2D eigenvalue weighted by Gasteiger charge is -2.25. The minimum atomic E-state index is -4.99. The molecule has 0 saturated heterocycles. The van der Waals surface area contributed by atoms with Crippen molar-refractivity contribution >= 4 is 27.2 Å². The van der Waals surface area contributed by atoms with E-state index >= 15 is 0 Å². The van der Waals surface area contributed by atoms with Crippen molar-refractivity contribution < 1.29 is 44.6 Å². The Morgan fingerprint density at radius 1 is 1.00 bits per heavy atom. The Morgan fingerprint density at radius 2 is 1.69 bits per heavy atom. The van der Waals surface area contributed by atoms with Crippen LogP contribution in [0.15, 0.2) is 65.6 Å². The van der Waals surface area contributed by atoms with Crippen LogP contribution in [0.3, 0.4) is 0 Å². The Bertz CT molecular complexity index is 1730. The highest BCUT2D eigenvalue weighted by Gasteiger charge is 2.36. The number of aliphatic hydroxyl groups excluding tert-OH is 1. The summed E-state index contributed by atoms with van der Waals surface area (Å²) >= 11 is 0. The maximum atomic E-state index is 13.9. The number of halogens is 6. The largest absolute Gasteiger partial charge is 0.573 e. The summed E-state index contributed by atoms with van der Waals surface area (Å²) in [5, 5.41) is 18.0. The van der Waals surface area contributed by atoms with E-state index in [1.54, 1.807) is 20.0 Å². The molecule has 0 aliphatic carbocycles. The van der Waals surface area contributed by atoms with Crippen LogP contribution in [0.2, 0.25) is 0 Å². The van der Waals surface area contributed by atoms with E-state index in [1.807, 2.05) is 0 Å². The van der Waals surface area contributed by atoms with Crippen molar-refractivity contribution in [2.75, 3.05) is 9.62 Å². The van der Waals surface area contributed by atoms with Crippen molar-refractivity contribution in [3.8, 4) is 5.75 Å². The predicted octanol–water partition coefficient (Wildman–Crippen LogP) is 5.58. The van der Waals surface area contributed by atoms with E-state index in [4.69, 9.17) is 0 Å². The van der Waals surface area contributed by atoms with E-state index in [0.29, 0.717) is 6.07 Å². The van der Waals surface area contributed by atoms with Gasteiger partial charge in [-0.05, 0) is 61.0 Å². The summed E-state index contributed by atoms with van der Waals surface area (Å²) in [5.41, 5.74) is 0.107. The highest BCUT2D eigenvalue weighted by Crippen LogP contribution is 2.41. The van der Waals surface area contributed by atoms with E-state index < -0.39 is 51.5 Å². The number of fused-ring (bicyclic) bond motifs is 2. The molecule has 4 aromatic rings. The summed E-state index contributed by atoms with van der Waals surface area (Å²) in [7, 11) is -2.87. The topological polar surface area (TPSA) is 110 Å². The lowest BCUT2D eigenvalue weighted by atomic mass is 10.0. The summed E-state index contributed by atoms with van der Waals surface area (Å²) in [6.07, 6.45) is -11.1. The van der Waals surface area contributed by atoms with Crippen LogP contribution in [0.4, 0.5) is 43.5 Å². The highest BCUT2D eigenvalue weighted by molar-refractivity contribution is 7.92. The third kappa shape index (κ3) is 5.72. The minimum Gasteiger partial charge on any atom is -0.406 e. The van der Waals surface area contributed by atoms with Crippen LogP contribution in [0.1, 0.15) is 34.3 Å². The van der Waals surface area contributed by atoms with E-state index in [-0.39, 0.29) is 34.0 Å². The smallest absolute Gasteiger partial charge is 0.406 e. The fourth-order valence-electron chi connectivity index (χ4n) is 4.33. The average Bonchev–Trinajstić information content (AvgIpc) is 3.14. The lowest BCUT2D eigenvalue weighted by molar-refractivity contribution is -0.274. The van der Waals surface area contributed by atoms with Crippen LogP contribution < -0.4 is 14.4 Å². The number of pyridine rings is 1. The normalized spacial score (nSPS) is 14.5. The number of aryl methyl sites for hydroxylation is 2. The number of sulfonamides is 1. The molecule has 2 N–H and O–H groups in total. The molecule has 0 bridgehead atoms. The Morgan fingerprint density at radius 3 is 2.29 bits per heavy atom. The molecule has 16 heteroatoms. The summed E-state index contributed by atoms with van der Waals surface area (Å²) in [6, 6.07) is 11.1. The van der Waals surface area contributed by atoms with Gasteiger partial charge in [-0.25, -0.2) is 13.4 Å². The first-order valence-corrected chi connectivity index (χ1v) is 13.5. The molecule has 0 saturated carbocycles. The summed E-state index contributed by atoms with van der Waals surface area (Å²) in [6.45, 7) is 1.27. The van der Waals surface area contributed by atoms with Crippen molar-refractivity contribution in [2.45, 2.75) is 37.0 Å². The fraction of sp³-hybridized carbons (Fsp3) is 0.231. The SMILES string of the molecule is Cc1cc(C(O)c2ccc3c(c2)N(S(=O)(=O)c2ccc(OC(F)(F)F)cc2)Cc2ccc(C(F)(F)F)nc2N3)nn1C. The van der Waals surface area contributed by atoms with Gasteiger partial charge in [0.15, 0.2) is 0 Å². The van der Waals surface area contributed by atoms with Crippen LogP contribution in [0.25, 0.3) is 0 Å². The molecule has 1 aliphatic heterocycles. The molecule has 1 unspecified atom stereocenters. The number of hydrogen-bond acceptors (Lipinski definition) is 7. The van der Waals surface area contributed by atoms with Gasteiger partial charge < -0.3 is 15.2 Å². The molecule has 2 aromatic heterocycles. The molecule has 2 aromatic carbocycles. The van der Waals surface area contributed by atoms with Gasteiger partial charge in [0.25, 0.3) is 10.0 Å². The number of aliphatic hydroxyl groups is 1. The molecule has 222 valence electrons. The van der Waals surface area contributed by atoms with Gasteiger partial charge in [-0.2, -0.15) is 18.3 Å². The third-order valence-corrected chi connectivity index (χ3v) is 8.27. The van der Waals surface area contributed by atoms with Gasteiger partial charge in [0.1, 0.15) is 23.4 Å². The second-order valence-electron chi connectivity index (χ2n) is 9.37. The Balaban J connectivity index is 1.62. The quantitative estimate of drug-likeness (QED) is 0.283. The first kappa shape index (κ1) is 29.2. The molecule has 9 nitrogen and oxygen atoms in total. The van der Waals surface area contributed by atoms with Gasteiger partial charge in [-0.3, -0.25) is 8.99 Å². The number of nitrogens with zero attached hydrogens (tertiary/aromatic N) is 4. The van der Waals surface area contributed by atoms with E-state index in [0.717, 1.165) is 40.3 Å². The van der Waals surface area contributed by atoms with E-state index in [9.17, 15) is 39.9 Å². The fourth-order valence-corrected chi connectivity index (χ4v) is 5.78. The van der Waals surface area contributed by atoms with Crippen LogP contribution in [-0.4, -0.2) is 34.7 Å². The zero-order chi connectivity index (χ0) is 30.6. The monoisotopic (exact) mass is 613 g/mol. The molecule has 3 heterocycles. The zero-order valence-electron chi connectivity index (χ0n) is 21.7. The number of rotatable bonds is 5. The standard InChI is InChI=1S/C26H21F6N5O4S/c1-14-11-20(35-36(14)2)23(38)15-3-9-19-21(12-15)37(13-16-4-10-22(25(27,28)29)34-24(16)33-19)42(39,40)18-7-5-17(6-8-18)41-26(30,31)32/h3-12,23,38H,13H2,1-2H3,(H,33,34). The second-order valence-corrected chi connectivity index (χ2v) is 11.2. The molecule has 0 radical (unpaired) electrons. The molecular formula is C26H21F6N5O4S. The zero-order valence-corrected chi connectivity index (χ0v) is 22.5. The predicted molar refractivity (Wildman–Crippen MR) is 137 cm³/mol. The first-order valence-electron chi connectivity index (χ1n) is 12.1. The number of hydrogen-bond donors (Lipinski definition) is 2. The number of nitrogens with one attached hydrogen (secondary N) is 1. The van der Waals surface area contributed by atoms with Crippen molar-refractivity contribution in [2.24, 2.45) is 7.05 Å². The van der Waals surface area contributed by atoms with Gasteiger partial charge in [0.2, 0.25) is 0 Å². The van der Waals surface area contributed by atoms with Crippen molar-refractivity contribution in [1.29, 1.82) is 0 Å². The third-order valence-electron chi connectivity index (χ3n) is 6.50. The van der Waals surface area contributed by atoms with Crippen LogP contribution in [0, 0.1) is 6.92 Å². The first-order chi connectivity index (χ1) is 19.5. The molecule has 0 amide bonds. The van der Waals surface area contributed by atoms with Gasteiger partial charge in [0, 0.05) is 18.3 Å². The van der Waals surface area contributed by atoms with Gasteiger partial charge in [0.05, 0.1) is 28.5 Å². The molecule has 1 atom stereocenters. The highest BCUT2D eigenvalue weighted by atomic mass is 32.2. The number of ether oxygens (including phenoxy) is 1. The Kier molecular flexibility index (Phi) is 7.09. The number of alkyl halides is 6. The maximum Gasteiger partial charge on any atom is 0.573 e. The summed E-state index contributed by atoms with van der Waals surface area (Å²) in [5.74, 6) is -0.893. The van der Waals surface area contributed by atoms with Gasteiger partial charge >= 0.3 is 12.5 Å². The minimum absolute atomic E-state index is 0.0503. The van der Waals surface area contributed by atoms with E-state index in [2.05, 4.69) is 20.1 Å². The van der Waals surface area contributed by atoms with Crippen LogP contribution in [-0.2, 0) is 29.8 Å². The Labute approximate surface area is 235 Å². The number of aromatic nitrogens is 3. The van der Waals surface area contributed by atoms with Gasteiger partial charge in [-0.15, -0.1) is 13.2 Å². The lowest BCUT2D eigenvalue weighted by Crippen LogP contribution is -2.30. The average molecular weight is 614 g/mol. The van der Waals surface area contributed by atoms with Crippen LogP contribution >= 0.6 is 0 Å². The number of benzene rings is 2. The second kappa shape index (κ2) is 10.2. The van der Waals surface area contributed by atoms with Crippen molar-refractivity contribution in [1.82, 2.24) is 14.8 Å². The van der Waals surface area contributed by atoms with Gasteiger partial charge in [-0.1, -0.05) is 12.1 Å². The molecule has 0 fully saturated rings. The van der Waals surface area contributed by atoms with Crippen molar-refractivity contribution in [3.63, 3.8) is 0 Å². The summed E-state index contributed by atoms with van der Waals surface area (Å²) in [4.78, 5) is 3.23. The molecule has 42 heavy (non-hydrogen) atoms. The maximum absolute atomic E-state index is 13.9. The van der Waals surface area contributed by atoms with Crippen molar-refractivity contribution in [3.05, 3.63) is 88.9 Å². The molecular weight excluding hydrogens is 592 g/mol. The van der Waals surface area contributed by atoms with E-state index in [1.165, 1.54) is 22.9 Å². The molecule has 5 rings (SSSR count). The molecule has 0 spiro atoms. The van der Waals surface area contributed by atoms with Crippen LogP contribution in [0.5, 0.6) is 5.75 Å². The molecule has 1 aliphatic rings. The number of anilines is 3. The Hall–Kier alpha value is -4.31. The summed E-state index contributed by atoms with van der Waals surface area (Å²) < 4.78 is 112.